The predicted octanol–water partition coefficient (Wildman–Crippen LogP) is 1.82. The van der Waals surface area contributed by atoms with Gasteiger partial charge in [0.05, 0.1) is 0 Å². The van der Waals surface area contributed by atoms with E-state index in [4.69, 9.17) is 0 Å². The van der Waals surface area contributed by atoms with Gasteiger partial charge in [0.15, 0.2) is 0 Å². The molecule has 136 valence electrons. The number of nitrogens with zero attached hydrogens (tertiary/aromatic N) is 6. The number of imidazole rings is 1. The minimum Gasteiger partial charge on any atom is -0.336 e. The fourth-order valence-electron chi connectivity index (χ4n) is 2.84. The van der Waals surface area contributed by atoms with Crippen molar-refractivity contribution in [3.63, 3.8) is 0 Å². The van der Waals surface area contributed by atoms with Gasteiger partial charge in [0, 0.05) is 36.9 Å². The summed E-state index contributed by atoms with van der Waals surface area (Å²) in [6.07, 6.45) is 4.91. The Hall–Kier alpha value is -3.62. The Kier molecular flexibility index (Phi) is 4.11. The summed E-state index contributed by atoms with van der Waals surface area (Å²) < 4.78 is 17.6. The molecule has 0 fully saturated rings. The second kappa shape index (κ2) is 6.60. The zero-order chi connectivity index (χ0) is 19.0. The Labute approximate surface area is 153 Å². The molecule has 8 nitrogen and oxygen atoms in total. The summed E-state index contributed by atoms with van der Waals surface area (Å²) in [7, 11) is 1.78. The van der Waals surface area contributed by atoms with Crippen LogP contribution in [-0.4, -0.2) is 35.0 Å². The Morgan fingerprint density at radius 2 is 2.00 bits per heavy atom. The van der Waals surface area contributed by atoms with Crippen LogP contribution in [0, 0.1) is 12.7 Å². The van der Waals surface area contributed by atoms with Crippen molar-refractivity contribution in [2.45, 2.75) is 13.0 Å². The molecule has 4 rings (SSSR count). The van der Waals surface area contributed by atoms with Crippen molar-refractivity contribution in [1.82, 2.24) is 34.4 Å². The average molecular weight is 365 g/mol. The van der Waals surface area contributed by atoms with Crippen LogP contribution < -0.4 is 5.32 Å². The number of benzene rings is 1. The molecule has 0 saturated heterocycles. The molecular weight excluding hydrogens is 349 g/mol. The highest BCUT2D eigenvalue weighted by atomic mass is 19.1. The van der Waals surface area contributed by atoms with Crippen LogP contribution in [0.1, 0.15) is 33.7 Å². The highest BCUT2D eigenvalue weighted by Crippen LogP contribution is 2.23. The number of hydrogen-bond donors (Lipinski definition) is 1. The molecule has 1 aromatic carbocycles. The van der Waals surface area contributed by atoms with Crippen LogP contribution in [-0.2, 0) is 7.05 Å². The molecule has 0 aliphatic heterocycles. The van der Waals surface area contributed by atoms with Crippen molar-refractivity contribution < 1.29 is 9.18 Å². The first-order valence-corrected chi connectivity index (χ1v) is 8.25. The van der Waals surface area contributed by atoms with Gasteiger partial charge in [-0.15, -0.1) is 5.10 Å². The molecule has 3 aromatic heterocycles. The monoisotopic (exact) mass is 365 g/mol. The van der Waals surface area contributed by atoms with Crippen LogP contribution >= 0.6 is 0 Å². The number of aryl methyl sites for hydroxylation is 2. The number of hydrogen-bond acceptors (Lipinski definition) is 5. The first kappa shape index (κ1) is 16.8. The van der Waals surface area contributed by atoms with Crippen LogP contribution in [0.2, 0.25) is 0 Å². The third-order valence-corrected chi connectivity index (χ3v) is 4.24. The van der Waals surface area contributed by atoms with Crippen LogP contribution in [0.5, 0.6) is 0 Å². The summed E-state index contributed by atoms with van der Waals surface area (Å²) >= 11 is 0. The fourth-order valence-corrected chi connectivity index (χ4v) is 2.84. The van der Waals surface area contributed by atoms with Gasteiger partial charge >= 0.3 is 0 Å². The number of fused-ring (bicyclic) bond motifs is 1. The Balaban J connectivity index is 1.73. The van der Waals surface area contributed by atoms with E-state index in [-0.39, 0.29) is 5.82 Å². The Bertz CT molecular complexity index is 1130. The molecule has 1 amide bonds. The van der Waals surface area contributed by atoms with Gasteiger partial charge in [-0.2, -0.15) is 4.98 Å². The summed E-state index contributed by atoms with van der Waals surface area (Å²) in [6, 6.07) is 7.22. The van der Waals surface area contributed by atoms with Crippen molar-refractivity contribution in [2.24, 2.45) is 7.05 Å². The standard InChI is InChI=1S/C18H16FN7O/c1-11-7-8-21-18-23-15(24-26(11)18)17(27)22-14(16-20-9-10-25(16)2)12-5-3-4-6-13(12)19/h3-10,14H,1-2H3,(H,22,27). The molecule has 0 bridgehead atoms. The fraction of sp³-hybridized carbons (Fsp3) is 0.167. The first-order chi connectivity index (χ1) is 13.0. The topological polar surface area (TPSA) is 90.0 Å². The predicted molar refractivity (Wildman–Crippen MR) is 94.4 cm³/mol. The average Bonchev–Trinajstić information content (AvgIpc) is 3.27. The number of carbonyl (C=O) groups excluding carboxylic acids is 1. The highest BCUT2D eigenvalue weighted by Gasteiger charge is 2.26. The maximum absolute atomic E-state index is 14.4. The quantitative estimate of drug-likeness (QED) is 0.596. The normalized spacial score (nSPS) is 12.3. The van der Waals surface area contributed by atoms with Crippen molar-refractivity contribution in [3.8, 4) is 0 Å². The van der Waals surface area contributed by atoms with Gasteiger partial charge < -0.3 is 9.88 Å². The molecular formula is C18H16FN7O. The van der Waals surface area contributed by atoms with Crippen molar-refractivity contribution in [1.29, 1.82) is 0 Å². The van der Waals surface area contributed by atoms with Gasteiger partial charge in [0.1, 0.15) is 17.7 Å². The molecule has 4 aromatic rings. The van der Waals surface area contributed by atoms with E-state index in [2.05, 4.69) is 25.4 Å². The number of aromatic nitrogens is 6. The van der Waals surface area contributed by atoms with Gasteiger partial charge in [-0.3, -0.25) is 4.79 Å². The number of nitrogens with one attached hydrogen (secondary N) is 1. The molecule has 1 atom stereocenters. The van der Waals surface area contributed by atoms with Crippen LogP contribution in [0.25, 0.3) is 5.78 Å². The smallest absolute Gasteiger partial charge is 0.291 e. The lowest BCUT2D eigenvalue weighted by Crippen LogP contribution is -2.32. The number of halogens is 1. The third-order valence-electron chi connectivity index (χ3n) is 4.24. The maximum atomic E-state index is 14.4. The molecule has 3 heterocycles. The van der Waals surface area contributed by atoms with Gasteiger partial charge in [-0.05, 0) is 19.1 Å². The number of amides is 1. The van der Waals surface area contributed by atoms with E-state index in [0.29, 0.717) is 17.2 Å². The molecule has 9 heteroatoms. The van der Waals surface area contributed by atoms with Crippen molar-refractivity contribution >= 4 is 11.7 Å². The zero-order valence-corrected chi connectivity index (χ0v) is 14.7. The maximum Gasteiger partial charge on any atom is 0.291 e. The van der Waals surface area contributed by atoms with Crippen molar-refractivity contribution in [2.75, 3.05) is 0 Å². The van der Waals surface area contributed by atoms with Crippen LogP contribution in [0.4, 0.5) is 4.39 Å². The summed E-state index contributed by atoms with van der Waals surface area (Å²) in [4.78, 5) is 25.3. The Morgan fingerprint density at radius 3 is 2.70 bits per heavy atom. The van der Waals surface area contributed by atoms with Gasteiger partial charge in [-0.25, -0.2) is 18.9 Å². The third kappa shape index (κ3) is 3.03. The number of rotatable bonds is 4. The van der Waals surface area contributed by atoms with E-state index in [1.54, 1.807) is 54.5 Å². The zero-order valence-electron chi connectivity index (χ0n) is 14.7. The summed E-state index contributed by atoms with van der Waals surface area (Å²) in [5.41, 5.74) is 1.10. The summed E-state index contributed by atoms with van der Waals surface area (Å²) in [5.74, 6) is -0.221. The highest BCUT2D eigenvalue weighted by molar-refractivity contribution is 5.91. The molecule has 27 heavy (non-hydrogen) atoms. The molecule has 0 saturated carbocycles. The lowest BCUT2D eigenvalue weighted by atomic mass is 10.1. The largest absolute Gasteiger partial charge is 0.336 e. The van der Waals surface area contributed by atoms with E-state index < -0.39 is 17.8 Å². The van der Waals surface area contributed by atoms with E-state index >= 15 is 0 Å². The summed E-state index contributed by atoms with van der Waals surface area (Å²) in [5, 5.41) is 6.98. The van der Waals surface area contributed by atoms with Crippen LogP contribution in [0.3, 0.4) is 0 Å². The minimum absolute atomic E-state index is 0.0488. The lowest BCUT2D eigenvalue weighted by molar-refractivity contribution is 0.0930. The molecule has 0 spiro atoms. The van der Waals surface area contributed by atoms with E-state index in [0.717, 1.165) is 5.69 Å². The van der Waals surface area contributed by atoms with E-state index in [9.17, 15) is 9.18 Å². The Morgan fingerprint density at radius 1 is 1.19 bits per heavy atom. The molecule has 0 aliphatic rings. The molecule has 0 aliphatic carbocycles. The van der Waals surface area contributed by atoms with Gasteiger partial charge in [0.25, 0.3) is 11.7 Å². The molecule has 0 radical (unpaired) electrons. The first-order valence-electron chi connectivity index (χ1n) is 8.25. The van der Waals surface area contributed by atoms with Gasteiger partial charge in [-0.1, -0.05) is 18.2 Å². The molecule has 1 unspecified atom stereocenters. The SMILES string of the molecule is Cc1ccnc2nc(C(=O)NC(c3ccccc3F)c3nccn3C)nn12. The number of carbonyl (C=O) groups is 1. The lowest BCUT2D eigenvalue weighted by Gasteiger charge is -2.18. The van der Waals surface area contributed by atoms with Gasteiger partial charge in [0.2, 0.25) is 5.82 Å². The summed E-state index contributed by atoms with van der Waals surface area (Å²) in [6.45, 7) is 1.83. The van der Waals surface area contributed by atoms with E-state index in [1.807, 2.05) is 6.92 Å². The van der Waals surface area contributed by atoms with E-state index in [1.165, 1.54) is 10.6 Å². The minimum atomic E-state index is -0.792. The van der Waals surface area contributed by atoms with Crippen LogP contribution in [0.15, 0.2) is 48.9 Å². The van der Waals surface area contributed by atoms with Crippen molar-refractivity contribution in [3.05, 3.63) is 77.6 Å². The second-order valence-corrected chi connectivity index (χ2v) is 6.06. The second-order valence-electron chi connectivity index (χ2n) is 6.06. The molecule has 1 N–H and O–H groups in total.